The second-order valence-corrected chi connectivity index (χ2v) is 8.05. The average molecular weight is 413 g/mol. The molecule has 0 unspecified atom stereocenters. The Kier molecular flexibility index (Phi) is 5.38. The van der Waals surface area contributed by atoms with Gasteiger partial charge in [0.1, 0.15) is 0 Å². The molecule has 6 nitrogen and oxygen atoms in total. The van der Waals surface area contributed by atoms with E-state index < -0.39 is 4.92 Å². The Morgan fingerprint density at radius 2 is 1.61 bits per heavy atom. The monoisotopic (exact) mass is 413 g/mol. The van der Waals surface area contributed by atoms with Gasteiger partial charge >= 0.3 is 0 Å². The van der Waals surface area contributed by atoms with Gasteiger partial charge in [-0.2, -0.15) is 5.10 Å². The summed E-state index contributed by atoms with van der Waals surface area (Å²) in [5.41, 5.74) is 7.57. The van der Waals surface area contributed by atoms with Crippen LogP contribution in [-0.2, 0) is 10.2 Å². The van der Waals surface area contributed by atoms with Crippen molar-refractivity contribution in [3.05, 3.63) is 111 Å². The zero-order valence-electron chi connectivity index (χ0n) is 17.4. The molecule has 1 N–H and O–H groups in total. The van der Waals surface area contributed by atoms with Crippen LogP contribution in [0.15, 0.2) is 77.9 Å². The molecule has 0 aromatic heterocycles. The number of carbonyl (C=O) groups excluding carboxylic acids is 1. The summed E-state index contributed by atoms with van der Waals surface area (Å²) in [7, 11) is 0. The van der Waals surface area contributed by atoms with E-state index in [0.717, 1.165) is 28.7 Å². The lowest BCUT2D eigenvalue weighted by molar-refractivity contribution is -0.384. The van der Waals surface area contributed by atoms with Crippen LogP contribution in [0, 0.1) is 29.9 Å². The number of aryl methyl sites for hydroxylation is 2. The van der Waals surface area contributed by atoms with Crippen LogP contribution in [0.2, 0.25) is 0 Å². The SMILES string of the molecule is Cc1cccc(C2(c3cccc(C)c3)C[C@H]2C(=O)N/N=C\c2ccc([N+](=O)[O-])cc2)c1. The van der Waals surface area contributed by atoms with Gasteiger partial charge in [-0.25, -0.2) is 5.43 Å². The first-order valence-corrected chi connectivity index (χ1v) is 10.1. The minimum Gasteiger partial charge on any atom is -0.273 e. The summed E-state index contributed by atoms with van der Waals surface area (Å²) in [4.78, 5) is 23.3. The number of nitro groups is 1. The van der Waals surface area contributed by atoms with Crippen molar-refractivity contribution < 1.29 is 9.72 Å². The van der Waals surface area contributed by atoms with E-state index in [1.807, 2.05) is 12.1 Å². The fourth-order valence-electron chi connectivity index (χ4n) is 4.16. The van der Waals surface area contributed by atoms with E-state index in [1.54, 1.807) is 12.1 Å². The number of hydrogen-bond donors (Lipinski definition) is 1. The number of hydrazone groups is 1. The Hall–Kier alpha value is -3.80. The van der Waals surface area contributed by atoms with E-state index >= 15 is 0 Å². The molecule has 0 aliphatic heterocycles. The number of non-ortho nitro benzene ring substituents is 1. The van der Waals surface area contributed by atoms with Crippen LogP contribution in [0.3, 0.4) is 0 Å². The van der Waals surface area contributed by atoms with Crippen molar-refractivity contribution >= 4 is 17.8 Å². The third-order valence-corrected chi connectivity index (χ3v) is 5.84. The zero-order valence-corrected chi connectivity index (χ0v) is 17.4. The van der Waals surface area contributed by atoms with Crippen LogP contribution in [0.1, 0.15) is 34.2 Å². The van der Waals surface area contributed by atoms with Gasteiger partial charge in [-0.05, 0) is 49.1 Å². The molecule has 1 fully saturated rings. The van der Waals surface area contributed by atoms with Crippen molar-refractivity contribution in [2.75, 3.05) is 0 Å². The van der Waals surface area contributed by atoms with Gasteiger partial charge in [-0.3, -0.25) is 14.9 Å². The second-order valence-electron chi connectivity index (χ2n) is 8.05. The molecule has 1 aliphatic rings. The van der Waals surface area contributed by atoms with Crippen LogP contribution >= 0.6 is 0 Å². The van der Waals surface area contributed by atoms with E-state index in [9.17, 15) is 14.9 Å². The van der Waals surface area contributed by atoms with Crippen LogP contribution in [0.25, 0.3) is 0 Å². The molecule has 1 saturated carbocycles. The number of amides is 1. The minimum atomic E-state index is -0.452. The predicted molar refractivity (Wildman–Crippen MR) is 120 cm³/mol. The highest BCUT2D eigenvalue weighted by molar-refractivity contribution is 5.87. The number of rotatable bonds is 6. The van der Waals surface area contributed by atoms with Crippen LogP contribution in [0.5, 0.6) is 0 Å². The summed E-state index contributed by atoms with van der Waals surface area (Å²) in [6, 6.07) is 22.6. The Morgan fingerprint density at radius 1 is 1.03 bits per heavy atom. The van der Waals surface area contributed by atoms with E-state index in [4.69, 9.17) is 0 Å². The Bertz CT molecular complexity index is 1120. The maximum absolute atomic E-state index is 13.0. The topological polar surface area (TPSA) is 84.6 Å². The second kappa shape index (κ2) is 8.14. The summed E-state index contributed by atoms with van der Waals surface area (Å²) in [5, 5.41) is 14.8. The molecule has 4 rings (SSSR count). The van der Waals surface area contributed by atoms with Crippen LogP contribution < -0.4 is 5.43 Å². The summed E-state index contributed by atoms with van der Waals surface area (Å²) in [6.07, 6.45) is 2.21. The molecule has 1 aliphatic carbocycles. The predicted octanol–water partition coefficient (Wildman–Crippen LogP) is 4.67. The molecule has 3 aromatic rings. The Balaban J connectivity index is 1.54. The summed E-state index contributed by atoms with van der Waals surface area (Å²) >= 11 is 0. The molecule has 31 heavy (non-hydrogen) atoms. The van der Waals surface area contributed by atoms with Gasteiger partial charge in [0.2, 0.25) is 5.91 Å². The van der Waals surface area contributed by atoms with Gasteiger partial charge in [0, 0.05) is 17.5 Å². The number of nitrogens with zero attached hydrogens (tertiary/aromatic N) is 2. The highest BCUT2D eigenvalue weighted by Gasteiger charge is 2.60. The van der Waals surface area contributed by atoms with Crippen LogP contribution in [-0.4, -0.2) is 17.0 Å². The highest BCUT2D eigenvalue weighted by atomic mass is 16.6. The molecular formula is C25H23N3O3. The first kappa shape index (κ1) is 20.5. The minimum absolute atomic E-state index is 0.0141. The Morgan fingerprint density at radius 3 is 2.13 bits per heavy atom. The molecule has 0 bridgehead atoms. The van der Waals surface area contributed by atoms with Crippen molar-refractivity contribution in [3.63, 3.8) is 0 Å². The molecule has 156 valence electrons. The van der Waals surface area contributed by atoms with Gasteiger partial charge < -0.3 is 0 Å². The third kappa shape index (κ3) is 4.10. The molecule has 0 heterocycles. The summed E-state index contributed by atoms with van der Waals surface area (Å²) in [6.45, 7) is 4.11. The maximum Gasteiger partial charge on any atom is 0.269 e. The van der Waals surface area contributed by atoms with Gasteiger partial charge in [-0.15, -0.1) is 0 Å². The number of hydrogen-bond acceptors (Lipinski definition) is 4. The van der Waals surface area contributed by atoms with Crippen molar-refractivity contribution in [1.82, 2.24) is 5.43 Å². The fraction of sp³-hybridized carbons (Fsp3) is 0.200. The quantitative estimate of drug-likeness (QED) is 0.362. The lowest BCUT2D eigenvalue weighted by atomic mass is 9.84. The van der Waals surface area contributed by atoms with Crippen molar-refractivity contribution in [2.45, 2.75) is 25.7 Å². The third-order valence-electron chi connectivity index (χ3n) is 5.84. The van der Waals surface area contributed by atoms with Gasteiger partial charge in [0.15, 0.2) is 0 Å². The average Bonchev–Trinajstić information content (AvgIpc) is 3.51. The van der Waals surface area contributed by atoms with Crippen molar-refractivity contribution in [2.24, 2.45) is 11.0 Å². The number of benzene rings is 3. The molecule has 1 atom stereocenters. The van der Waals surface area contributed by atoms with Gasteiger partial charge in [-0.1, -0.05) is 59.7 Å². The molecule has 0 radical (unpaired) electrons. The number of nitrogens with one attached hydrogen (secondary N) is 1. The first-order chi connectivity index (χ1) is 14.9. The normalized spacial score (nSPS) is 16.8. The standard InChI is InChI=1S/C25H23N3O3/c1-17-5-3-7-20(13-17)25(21-8-4-6-18(2)14-21)15-23(25)24(29)27-26-16-19-9-11-22(12-10-19)28(30)31/h3-14,16,23H,15H2,1-2H3,(H,27,29)/b26-16-/t23-/m0/s1. The summed E-state index contributed by atoms with van der Waals surface area (Å²) in [5.74, 6) is -0.355. The highest BCUT2D eigenvalue weighted by Crippen LogP contribution is 2.59. The molecular weight excluding hydrogens is 390 g/mol. The van der Waals surface area contributed by atoms with E-state index in [1.165, 1.54) is 18.3 Å². The number of carbonyl (C=O) groups is 1. The van der Waals surface area contributed by atoms with E-state index in [0.29, 0.717) is 5.56 Å². The lowest BCUT2D eigenvalue weighted by Crippen LogP contribution is -2.25. The van der Waals surface area contributed by atoms with Crippen molar-refractivity contribution in [1.29, 1.82) is 0 Å². The maximum atomic E-state index is 13.0. The molecule has 0 spiro atoms. The zero-order chi connectivity index (χ0) is 22.0. The van der Waals surface area contributed by atoms with Crippen molar-refractivity contribution in [3.8, 4) is 0 Å². The summed E-state index contributed by atoms with van der Waals surface area (Å²) < 4.78 is 0. The molecule has 6 heteroatoms. The molecule has 1 amide bonds. The lowest BCUT2D eigenvalue weighted by Gasteiger charge is -2.19. The molecule has 3 aromatic carbocycles. The van der Waals surface area contributed by atoms with Gasteiger partial charge in [0.05, 0.1) is 17.1 Å². The largest absolute Gasteiger partial charge is 0.273 e. The Labute approximate surface area is 180 Å². The van der Waals surface area contributed by atoms with Crippen LogP contribution in [0.4, 0.5) is 5.69 Å². The molecule has 0 saturated heterocycles. The van der Waals surface area contributed by atoms with E-state index in [2.05, 4.69) is 60.8 Å². The van der Waals surface area contributed by atoms with E-state index in [-0.39, 0.29) is 22.9 Å². The first-order valence-electron chi connectivity index (χ1n) is 10.1. The fourth-order valence-corrected chi connectivity index (χ4v) is 4.16. The van der Waals surface area contributed by atoms with Gasteiger partial charge in [0.25, 0.3) is 5.69 Å². The smallest absolute Gasteiger partial charge is 0.269 e. The number of nitro benzene ring substituents is 1.